The zero-order valence-corrected chi connectivity index (χ0v) is 7.62. The monoisotopic (exact) mass is 172 g/mol. The van der Waals surface area contributed by atoms with Crippen molar-refractivity contribution < 1.29 is 9.53 Å². The van der Waals surface area contributed by atoms with Crippen LogP contribution < -0.4 is 5.73 Å². The molecule has 0 saturated carbocycles. The molecule has 12 heavy (non-hydrogen) atoms. The predicted molar refractivity (Wildman–Crippen MR) is 45.7 cm³/mol. The Balaban J connectivity index is 2.23. The number of likely N-dealkylation sites (tertiary alicyclic amines) is 1. The number of hydrogen-bond donors (Lipinski definition) is 1. The van der Waals surface area contributed by atoms with Crippen LogP contribution in [0.4, 0.5) is 4.79 Å². The molecule has 1 fully saturated rings. The minimum absolute atomic E-state index is 0.228. The maximum Gasteiger partial charge on any atom is 0.409 e. The van der Waals surface area contributed by atoms with E-state index in [2.05, 4.69) is 11.7 Å². The lowest BCUT2D eigenvalue weighted by Gasteiger charge is -2.40. The van der Waals surface area contributed by atoms with Gasteiger partial charge in [-0.05, 0) is 6.42 Å². The van der Waals surface area contributed by atoms with Crippen molar-refractivity contribution in [3.63, 3.8) is 0 Å². The van der Waals surface area contributed by atoms with Gasteiger partial charge in [-0.15, -0.1) is 0 Å². The molecule has 0 aliphatic carbocycles. The molecule has 4 nitrogen and oxygen atoms in total. The Kier molecular flexibility index (Phi) is 2.92. The van der Waals surface area contributed by atoms with E-state index in [-0.39, 0.29) is 12.1 Å². The Morgan fingerprint density at radius 3 is 2.75 bits per heavy atom. The van der Waals surface area contributed by atoms with Crippen molar-refractivity contribution in [2.24, 2.45) is 11.7 Å². The Hall–Kier alpha value is -0.770. The van der Waals surface area contributed by atoms with Gasteiger partial charge in [-0.25, -0.2) is 4.79 Å². The second-order valence-corrected chi connectivity index (χ2v) is 3.21. The van der Waals surface area contributed by atoms with E-state index in [1.54, 1.807) is 4.90 Å². The van der Waals surface area contributed by atoms with Crippen molar-refractivity contribution in [1.29, 1.82) is 0 Å². The van der Waals surface area contributed by atoms with E-state index in [1.165, 1.54) is 7.11 Å². The van der Waals surface area contributed by atoms with Gasteiger partial charge in [0.2, 0.25) is 0 Å². The van der Waals surface area contributed by atoms with Crippen LogP contribution in [0.25, 0.3) is 0 Å². The van der Waals surface area contributed by atoms with Crippen molar-refractivity contribution >= 4 is 6.09 Å². The average molecular weight is 172 g/mol. The van der Waals surface area contributed by atoms with E-state index in [0.29, 0.717) is 5.92 Å². The third-order valence-electron chi connectivity index (χ3n) is 2.42. The summed E-state index contributed by atoms with van der Waals surface area (Å²) in [7, 11) is 1.40. The van der Waals surface area contributed by atoms with Gasteiger partial charge >= 0.3 is 6.09 Å². The van der Waals surface area contributed by atoms with E-state index >= 15 is 0 Å². The van der Waals surface area contributed by atoms with Crippen molar-refractivity contribution in [2.75, 3.05) is 20.2 Å². The van der Waals surface area contributed by atoms with Gasteiger partial charge in [0, 0.05) is 25.0 Å². The molecule has 1 aliphatic rings. The van der Waals surface area contributed by atoms with E-state index in [9.17, 15) is 4.79 Å². The van der Waals surface area contributed by atoms with Gasteiger partial charge in [0.25, 0.3) is 0 Å². The SMILES string of the molecule is CCC(N)C1CN(C(=O)OC)C1. The molecule has 0 radical (unpaired) electrons. The van der Waals surface area contributed by atoms with Gasteiger partial charge in [0.05, 0.1) is 7.11 Å². The first kappa shape index (κ1) is 9.32. The number of methoxy groups -OCH3 is 1. The van der Waals surface area contributed by atoms with Crippen molar-refractivity contribution in [1.82, 2.24) is 4.90 Å². The molecule has 1 rings (SSSR count). The van der Waals surface area contributed by atoms with Crippen molar-refractivity contribution in [3.05, 3.63) is 0 Å². The number of carbonyl (C=O) groups excluding carboxylic acids is 1. The van der Waals surface area contributed by atoms with Gasteiger partial charge in [-0.1, -0.05) is 6.92 Å². The molecule has 1 unspecified atom stereocenters. The summed E-state index contributed by atoms with van der Waals surface area (Å²) in [5.74, 6) is 0.467. The summed E-state index contributed by atoms with van der Waals surface area (Å²) in [4.78, 5) is 12.6. The normalized spacial score (nSPS) is 20.1. The van der Waals surface area contributed by atoms with Crippen LogP contribution in [0.15, 0.2) is 0 Å². The van der Waals surface area contributed by atoms with Crippen LogP contribution in [0.5, 0.6) is 0 Å². The highest BCUT2D eigenvalue weighted by molar-refractivity contribution is 5.68. The Morgan fingerprint density at radius 2 is 2.33 bits per heavy atom. The lowest BCUT2D eigenvalue weighted by Crippen LogP contribution is -2.56. The molecular weight excluding hydrogens is 156 g/mol. The highest BCUT2D eigenvalue weighted by atomic mass is 16.5. The zero-order chi connectivity index (χ0) is 9.14. The smallest absolute Gasteiger partial charge is 0.409 e. The van der Waals surface area contributed by atoms with E-state index < -0.39 is 0 Å². The Morgan fingerprint density at radius 1 is 1.75 bits per heavy atom. The summed E-state index contributed by atoms with van der Waals surface area (Å²) < 4.78 is 4.56. The Labute approximate surface area is 72.7 Å². The predicted octanol–water partition coefficient (Wildman–Crippen LogP) is 0.422. The third kappa shape index (κ3) is 1.69. The van der Waals surface area contributed by atoms with Crippen LogP contribution in [0.3, 0.4) is 0 Å². The van der Waals surface area contributed by atoms with E-state index in [0.717, 1.165) is 19.5 Å². The number of amides is 1. The highest BCUT2D eigenvalue weighted by Gasteiger charge is 2.34. The van der Waals surface area contributed by atoms with Crippen LogP contribution >= 0.6 is 0 Å². The van der Waals surface area contributed by atoms with Crippen molar-refractivity contribution in [3.8, 4) is 0 Å². The summed E-state index contributed by atoms with van der Waals surface area (Å²) in [6.45, 7) is 3.56. The maximum atomic E-state index is 10.9. The maximum absolute atomic E-state index is 10.9. The highest BCUT2D eigenvalue weighted by Crippen LogP contribution is 2.20. The first-order chi connectivity index (χ1) is 5.69. The molecule has 2 N–H and O–H groups in total. The topological polar surface area (TPSA) is 55.6 Å². The lowest BCUT2D eigenvalue weighted by atomic mass is 9.91. The zero-order valence-electron chi connectivity index (χ0n) is 7.62. The van der Waals surface area contributed by atoms with Crippen molar-refractivity contribution in [2.45, 2.75) is 19.4 Å². The van der Waals surface area contributed by atoms with E-state index in [1.807, 2.05) is 0 Å². The first-order valence-corrected chi connectivity index (χ1v) is 4.27. The van der Waals surface area contributed by atoms with E-state index in [4.69, 9.17) is 5.73 Å². The number of ether oxygens (including phenoxy) is 1. The van der Waals surface area contributed by atoms with Crippen LogP contribution in [0.1, 0.15) is 13.3 Å². The van der Waals surface area contributed by atoms with Crippen LogP contribution in [0.2, 0.25) is 0 Å². The molecular formula is C8H16N2O2. The number of nitrogens with zero attached hydrogens (tertiary/aromatic N) is 1. The van der Waals surface area contributed by atoms with Gasteiger partial charge in [0.1, 0.15) is 0 Å². The third-order valence-corrected chi connectivity index (χ3v) is 2.42. The van der Waals surface area contributed by atoms with Crippen LogP contribution in [0, 0.1) is 5.92 Å². The molecule has 70 valence electrons. The van der Waals surface area contributed by atoms with Crippen LogP contribution in [-0.4, -0.2) is 37.2 Å². The Bertz CT molecular complexity index is 166. The quantitative estimate of drug-likeness (QED) is 0.656. The van der Waals surface area contributed by atoms with Gasteiger partial charge in [0.15, 0.2) is 0 Å². The summed E-state index contributed by atoms with van der Waals surface area (Å²) in [5, 5.41) is 0. The number of nitrogens with two attached hydrogens (primary N) is 1. The lowest BCUT2D eigenvalue weighted by molar-refractivity contribution is 0.0580. The second kappa shape index (κ2) is 3.76. The minimum atomic E-state index is -0.241. The molecule has 1 atom stereocenters. The molecule has 0 aromatic rings. The molecule has 0 spiro atoms. The minimum Gasteiger partial charge on any atom is -0.453 e. The molecule has 0 aromatic heterocycles. The second-order valence-electron chi connectivity index (χ2n) is 3.21. The fraction of sp³-hybridized carbons (Fsp3) is 0.875. The molecule has 0 bridgehead atoms. The first-order valence-electron chi connectivity index (χ1n) is 4.27. The summed E-state index contributed by atoms with van der Waals surface area (Å²) in [5.41, 5.74) is 5.80. The fourth-order valence-electron chi connectivity index (χ4n) is 1.39. The molecule has 1 amide bonds. The average Bonchev–Trinajstić information content (AvgIpc) is 2.01. The standard InChI is InChI=1S/C8H16N2O2/c1-3-7(9)6-4-10(5-6)8(11)12-2/h6-7H,3-5,9H2,1-2H3. The molecule has 1 saturated heterocycles. The van der Waals surface area contributed by atoms with Gasteiger partial charge in [-0.2, -0.15) is 0 Å². The fourth-order valence-corrected chi connectivity index (χ4v) is 1.39. The van der Waals surface area contributed by atoms with Crippen LogP contribution in [-0.2, 0) is 4.74 Å². The summed E-state index contributed by atoms with van der Waals surface area (Å²) in [6, 6.07) is 0.228. The molecule has 0 aromatic carbocycles. The molecule has 1 heterocycles. The largest absolute Gasteiger partial charge is 0.453 e. The summed E-state index contributed by atoms with van der Waals surface area (Å²) >= 11 is 0. The summed E-state index contributed by atoms with van der Waals surface area (Å²) in [6.07, 6.45) is 0.731. The number of rotatable bonds is 2. The van der Waals surface area contributed by atoms with Gasteiger partial charge in [-0.3, -0.25) is 0 Å². The van der Waals surface area contributed by atoms with Gasteiger partial charge < -0.3 is 15.4 Å². The molecule has 4 heteroatoms. The number of hydrogen-bond acceptors (Lipinski definition) is 3. The number of carbonyl (C=O) groups is 1. The molecule has 1 aliphatic heterocycles.